The molecule has 0 radical (unpaired) electrons. The monoisotopic (exact) mass is 788 g/mol. The maximum absolute atomic E-state index is 15.6. The second kappa shape index (κ2) is 21.6. The highest BCUT2D eigenvalue weighted by Gasteiger charge is 2.48. The van der Waals surface area contributed by atoms with Gasteiger partial charge in [0.1, 0.15) is 0 Å². The predicted molar refractivity (Wildman–Crippen MR) is 222 cm³/mol. The summed E-state index contributed by atoms with van der Waals surface area (Å²) in [5, 5.41) is 10.5. The van der Waals surface area contributed by atoms with Gasteiger partial charge in [0.05, 0.1) is 30.1 Å². The number of guanidine groups is 1. The first-order valence-corrected chi connectivity index (χ1v) is 22.5. The third kappa shape index (κ3) is 11.2. The van der Waals surface area contributed by atoms with Gasteiger partial charge in [-0.25, -0.2) is 0 Å². The maximum atomic E-state index is 15.6. The van der Waals surface area contributed by atoms with Crippen LogP contribution in [0.25, 0.3) is 0 Å². The molecule has 0 amide bonds. The van der Waals surface area contributed by atoms with Crippen LogP contribution in [-0.2, 0) is 24.0 Å². The molecule has 12 heteroatoms. The Morgan fingerprint density at radius 2 is 1.14 bits per heavy atom. The van der Waals surface area contributed by atoms with Crippen LogP contribution in [0.5, 0.6) is 0 Å². The summed E-state index contributed by atoms with van der Waals surface area (Å²) >= 11 is 0. The number of likely N-dealkylation sites (tertiary alicyclic amines) is 4. The summed E-state index contributed by atoms with van der Waals surface area (Å²) in [5.41, 5.74) is 6.43. The summed E-state index contributed by atoms with van der Waals surface area (Å²) in [6.45, 7) is 6.14. The average molecular weight is 788 g/mol. The number of nitrogens with two attached hydrogens (primary N) is 1. The minimum absolute atomic E-state index is 0.0660. The standard InChI is InChI=1S/C45H69N7O5/c46-45(47)48-23-17-20-34-40(51-28-13-14-29-51)38(54)32-36(50-26-11-12-27-50)43(56)39(33-18-5-4-6-19-33)41(52-30-15-16-31-52)37(53)22-8-3-1-2-7-21-35(44(57)42(34)55)49-24-9-10-25-49/h4-6,18-19,34-36,39-41H,1-3,7-17,20-32H2,(H4,46,47,48). The third-order valence-electron chi connectivity index (χ3n) is 13.6. The van der Waals surface area contributed by atoms with Gasteiger partial charge in [-0.1, -0.05) is 56.0 Å². The van der Waals surface area contributed by atoms with Crippen molar-refractivity contribution in [3.63, 3.8) is 0 Å². The number of benzene rings is 1. The lowest BCUT2D eigenvalue weighted by atomic mass is 9.78. The molecule has 5 fully saturated rings. The van der Waals surface area contributed by atoms with Crippen LogP contribution in [-0.4, -0.2) is 138 Å². The van der Waals surface area contributed by atoms with Gasteiger partial charge in [-0.2, -0.15) is 0 Å². The number of ketones is 5. The van der Waals surface area contributed by atoms with Crippen molar-refractivity contribution >= 4 is 34.9 Å². The van der Waals surface area contributed by atoms with E-state index in [2.05, 4.69) is 24.9 Å². The summed E-state index contributed by atoms with van der Waals surface area (Å²) in [7, 11) is 0. The molecule has 1 aromatic rings. The zero-order valence-electron chi connectivity index (χ0n) is 34.4. The third-order valence-corrected chi connectivity index (χ3v) is 13.6. The molecule has 4 aliphatic heterocycles. The highest BCUT2D eigenvalue weighted by molar-refractivity contribution is 6.40. The van der Waals surface area contributed by atoms with Crippen LogP contribution in [0, 0.1) is 11.3 Å². The molecule has 1 saturated carbocycles. The Bertz CT molecular complexity index is 1510. The van der Waals surface area contributed by atoms with Crippen LogP contribution >= 0.6 is 0 Å². The summed E-state index contributed by atoms with van der Waals surface area (Å²) in [6.07, 6.45) is 13.6. The molecule has 1 aromatic carbocycles. The first-order valence-electron chi connectivity index (χ1n) is 22.5. The highest BCUT2D eigenvalue weighted by atomic mass is 16.2. The largest absolute Gasteiger partial charge is 0.370 e. The first kappa shape index (κ1) is 43.3. The van der Waals surface area contributed by atoms with E-state index in [1.54, 1.807) is 0 Å². The Labute approximate surface area is 340 Å². The molecule has 0 bridgehead atoms. The maximum Gasteiger partial charge on any atom is 0.215 e. The highest BCUT2D eigenvalue weighted by Crippen LogP contribution is 2.35. The number of rotatable bonds is 9. The molecule has 4 heterocycles. The normalized spacial score (nSPS) is 30.8. The molecule has 4 N–H and O–H groups in total. The van der Waals surface area contributed by atoms with Crippen molar-refractivity contribution in [2.45, 2.75) is 146 Å². The van der Waals surface area contributed by atoms with Crippen molar-refractivity contribution in [2.75, 3.05) is 58.9 Å². The zero-order valence-corrected chi connectivity index (χ0v) is 34.4. The molecule has 0 spiro atoms. The Hall–Kier alpha value is -3.32. The number of Topliss-reactive ketones (excluding diaryl/α,β-unsaturated/α-hetero) is 5. The molecule has 57 heavy (non-hydrogen) atoms. The van der Waals surface area contributed by atoms with Crippen LogP contribution in [0.15, 0.2) is 30.3 Å². The number of carbonyl (C=O) groups is 5. The van der Waals surface area contributed by atoms with E-state index in [9.17, 15) is 14.4 Å². The zero-order chi connectivity index (χ0) is 40.1. The first-order chi connectivity index (χ1) is 27.7. The van der Waals surface area contributed by atoms with Gasteiger partial charge in [-0.05, 0) is 135 Å². The number of nitrogens with one attached hydrogen (secondary N) is 2. The minimum Gasteiger partial charge on any atom is -0.370 e. The van der Waals surface area contributed by atoms with Gasteiger partial charge in [0.2, 0.25) is 11.6 Å². The summed E-state index contributed by atoms with van der Waals surface area (Å²) in [4.78, 5) is 83.6. The summed E-state index contributed by atoms with van der Waals surface area (Å²) < 4.78 is 0. The Balaban J connectivity index is 1.42. The second-order valence-corrected chi connectivity index (χ2v) is 17.4. The average Bonchev–Trinajstić information content (AvgIpc) is 4.06. The molecule has 12 nitrogen and oxygen atoms in total. The van der Waals surface area contributed by atoms with Crippen LogP contribution in [0.2, 0.25) is 0 Å². The van der Waals surface area contributed by atoms with Gasteiger partial charge in [0.25, 0.3) is 0 Å². The van der Waals surface area contributed by atoms with Gasteiger partial charge in [-0.15, -0.1) is 0 Å². The molecule has 314 valence electrons. The Kier molecular flexibility index (Phi) is 16.4. The molecule has 4 saturated heterocycles. The van der Waals surface area contributed by atoms with E-state index in [0.29, 0.717) is 58.4 Å². The van der Waals surface area contributed by atoms with Crippen LogP contribution in [0.3, 0.4) is 0 Å². The van der Waals surface area contributed by atoms with Crippen LogP contribution < -0.4 is 11.1 Å². The number of hydrogen-bond donors (Lipinski definition) is 3. The fourth-order valence-electron chi connectivity index (χ4n) is 10.6. The lowest BCUT2D eigenvalue weighted by Gasteiger charge is -2.38. The van der Waals surface area contributed by atoms with Gasteiger partial charge in [0, 0.05) is 25.3 Å². The van der Waals surface area contributed by atoms with Crippen molar-refractivity contribution in [3.05, 3.63) is 35.9 Å². The van der Waals surface area contributed by atoms with Crippen LogP contribution in [0.4, 0.5) is 0 Å². The van der Waals surface area contributed by atoms with Gasteiger partial charge in [-0.3, -0.25) is 49.0 Å². The molecule has 1 aliphatic carbocycles. The van der Waals surface area contributed by atoms with Crippen molar-refractivity contribution in [2.24, 2.45) is 11.7 Å². The summed E-state index contributed by atoms with van der Waals surface area (Å²) in [6, 6.07) is 7.05. The molecular formula is C45H69N7O5. The van der Waals surface area contributed by atoms with E-state index >= 15 is 9.59 Å². The molecule has 5 aliphatic rings. The number of carbonyl (C=O) groups excluding carboxylic acids is 5. The van der Waals surface area contributed by atoms with Gasteiger partial charge in [0.15, 0.2) is 23.3 Å². The topological polar surface area (TPSA) is 160 Å². The van der Waals surface area contributed by atoms with E-state index in [-0.39, 0.29) is 35.5 Å². The molecule has 6 rings (SSSR count). The van der Waals surface area contributed by atoms with Gasteiger partial charge >= 0.3 is 0 Å². The van der Waals surface area contributed by atoms with Gasteiger partial charge < -0.3 is 11.1 Å². The van der Waals surface area contributed by atoms with E-state index in [4.69, 9.17) is 11.1 Å². The Morgan fingerprint density at radius 3 is 1.74 bits per heavy atom. The lowest BCUT2D eigenvalue weighted by molar-refractivity contribution is -0.146. The number of hydrogen-bond acceptors (Lipinski definition) is 10. The van der Waals surface area contributed by atoms with E-state index in [0.717, 1.165) is 115 Å². The molecule has 0 aromatic heterocycles. The van der Waals surface area contributed by atoms with Crippen molar-refractivity contribution in [3.8, 4) is 0 Å². The van der Waals surface area contributed by atoms with Crippen molar-refractivity contribution in [1.29, 1.82) is 5.41 Å². The fraction of sp³-hybridized carbons (Fsp3) is 0.733. The Morgan fingerprint density at radius 1 is 0.614 bits per heavy atom. The molecule has 6 atom stereocenters. The molecular weight excluding hydrogens is 719 g/mol. The SMILES string of the molecule is N=C(N)NCCCC1C(=O)C(=O)C(N2CCCC2)CCCCCCCC(=O)C(N2CCCC2)C(c2ccccc2)C(=O)C(N2CCCC2)CC(=O)C1N1CCCC1. The molecule has 6 unspecified atom stereocenters. The minimum atomic E-state index is -0.873. The smallest absolute Gasteiger partial charge is 0.215 e. The van der Waals surface area contributed by atoms with Crippen molar-refractivity contribution in [1.82, 2.24) is 24.9 Å². The van der Waals surface area contributed by atoms with Crippen molar-refractivity contribution < 1.29 is 24.0 Å². The van der Waals surface area contributed by atoms with Crippen LogP contribution in [0.1, 0.15) is 127 Å². The summed E-state index contributed by atoms with van der Waals surface area (Å²) in [5.74, 6) is -2.75. The second-order valence-electron chi connectivity index (χ2n) is 17.4. The van der Waals surface area contributed by atoms with E-state index < -0.39 is 41.8 Å². The predicted octanol–water partition coefficient (Wildman–Crippen LogP) is 4.49. The number of nitrogens with zero attached hydrogens (tertiary/aromatic N) is 4. The fourth-order valence-corrected chi connectivity index (χ4v) is 10.6. The van der Waals surface area contributed by atoms with E-state index in [1.807, 2.05) is 30.3 Å². The lowest BCUT2D eigenvalue weighted by Crippen LogP contribution is -2.55. The van der Waals surface area contributed by atoms with E-state index in [1.165, 1.54) is 0 Å². The quantitative estimate of drug-likeness (QED) is 0.140.